The fraction of sp³-hybridized carbons (Fsp3) is 0.417. The number of methoxy groups -OCH3 is 1. The van der Waals surface area contributed by atoms with E-state index in [-0.39, 0.29) is 0 Å². The minimum atomic E-state index is 0.507. The third kappa shape index (κ3) is 1.65. The number of nitrogens with zero attached hydrogens (tertiary/aromatic N) is 1. The smallest absolute Gasteiger partial charge is 0.186 e. The highest BCUT2D eigenvalue weighted by Gasteiger charge is 2.42. The van der Waals surface area contributed by atoms with E-state index in [2.05, 4.69) is 29.3 Å². The maximum atomic E-state index is 5.23. The van der Waals surface area contributed by atoms with Crippen molar-refractivity contribution in [3.8, 4) is 0 Å². The van der Waals surface area contributed by atoms with Crippen LogP contribution >= 0.6 is 0 Å². The molecule has 0 spiro atoms. The van der Waals surface area contributed by atoms with Crippen molar-refractivity contribution >= 4 is 5.90 Å². The Hall–Kier alpha value is -1.31. The molecule has 0 radical (unpaired) electrons. The highest BCUT2D eigenvalue weighted by molar-refractivity contribution is 5.82. The van der Waals surface area contributed by atoms with E-state index >= 15 is 0 Å². The van der Waals surface area contributed by atoms with Crippen LogP contribution in [0, 0.1) is 5.92 Å². The van der Waals surface area contributed by atoms with Gasteiger partial charge in [-0.1, -0.05) is 30.3 Å². The lowest BCUT2D eigenvalue weighted by Crippen LogP contribution is -2.04. The van der Waals surface area contributed by atoms with E-state index in [1.165, 1.54) is 12.0 Å². The van der Waals surface area contributed by atoms with Crippen LogP contribution in [0.2, 0.25) is 0 Å². The summed E-state index contributed by atoms with van der Waals surface area (Å²) in [5.74, 6) is 2.01. The summed E-state index contributed by atoms with van der Waals surface area (Å²) in [5.41, 5.74) is 1.40. The first-order chi connectivity index (χ1) is 6.86. The molecular formula is C12H15NO. The van der Waals surface area contributed by atoms with E-state index in [1.807, 2.05) is 6.07 Å². The van der Waals surface area contributed by atoms with E-state index in [0.29, 0.717) is 11.8 Å². The van der Waals surface area contributed by atoms with Gasteiger partial charge in [-0.3, -0.25) is 4.99 Å². The zero-order valence-corrected chi connectivity index (χ0v) is 8.60. The molecule has 0 bridgehead atoms. The van der Waals surface area contributed by atoms with Crippen LogP contribution in [0.1, 0.15) is 17.9 Å². The number of ether oxygens (including phenoxy) is 1. The Morgan fingerprint density at radius 3 is 2.64 bits per heavy atom. The molecule has 0 aliphatic heterocycles. The normalized spacial score (nSPS) is 26.0. The van der Waals surface area contributed by atoms with E-state index in [9.17, 15) is 0 Å². The molecule has 0 aromatic heterocycles. The van der Waals surface area contributed by atoms with Gasteiger partial charge in [0.1, 0.15) is 0 Å². The molecule has 1 fully saturated rings. The van der Waals surface area contributed by atoms with E-state index in [4.69, 9.17) is 4.74 Å². The van der Waals surface area contributed by atoms with Crippen molar-refractivity contribution in [1.82, 2.24) is 0 Å². The van der Waals surface area contributed by atoms with Crippen LogP contribution in [-0.2, 0) is 4.74 Å². The van der Waals surface area contributed by atoms with Gasteiger partial charge in [0.2, 0.25) is 0 Å². The average molecular weight is 189 g/mol. The molecule has 1 saturated carbocycles. The maximum absolute atomic E-state index is 5.23. The van der Waals surface area contributed by atoms with Crippen LogP contribution in [0.15, 0.2) is 35.3 Å². The van der Waals surface area contributed by atoms with Crippen LogP contribution in [0.3, 0.4) is 0 Å². The van der Waals surface area contributed by atoms with Gasteiger partial charge in [-0.25, -0.2) is 0 Å². The summed E-state index contributed by atoms with van der Waals surface area (Å²) in [6.45, 7) is 0. The largest absolute Gasteiger partial charge is 0.484 e. The molecule has 0 unspecified atom stereocenters. The Kier molecular flexibility index (Phi) is 2.53. The van der Waals surface area contributed by atoms with Crippen molar-refractivity contribution in [2.45, 2.75) is 12.3 Å². The highest BCUT2D eigenvalue weighted by Crippen LogP contribution is 2.48. The average Bonchev–Trinajstić information content (AvgIpc) is 3.01. The van der Waals surface area contributed by atoms with Gasteiger partial charge in [0.25, 0.3) is 0 Å². The zero-order chi connectivity index (χ0) is 9.97. The third-order valence-electron chi connectivity index (χ3n) is 2.76. The second-order valence-corrected chi connectivity index (χ2v) is 3.63. The molecule has 14 heavy (non-hydrogen) atoms. The van der Waals surface area contributed by atoms with Crippen molar-refractivity contribution < 1.29 is 4.74 Å². The molecule has 0 saturated heterocycles. The monoisotopic (exact) mass is 189 g/mol. The summed E-state index contributed by atoms with van der Waals surface area (Å²) < 4.78 is 5.23. The summed E-state index contributed by atoms with van der Waals surface area (Å²) in [7, 11) is 3.49. The maximum Gasteiger partial charge on any atom is 0.186 e. The second kappa shape index (κ2) is 3.82. The Bertz CT molecular complexity index is 331. The predicted molar refractivity (Wildman–Crippen MR) is 57.7 cm³/mol. The number of hydrogen-bond donors (Lipinski definition) is 0. The molecule has 0 heterocycles. The summed E-state index contributed by atoms with van der Waals surface area (Å²) in [4.78, 5) is 4.14. The quantitative estimate of drug-likeness (QED) is 0.517. The summed E-state index contributed by atoms with van der Waals surface area (Å²) in [5, 5.41) is 0. The molecule has 1 aliphatic rings. The number of rotatable bonds is 2. The number of benzene rings is 1. The predicted octanol–water partition coefficient (Wildman–Crippen LogP) is 2.46. The topological polar surface area (TPSA) is 21.6 Å². The van der Waals surface area contributed by atoms with E-state index in [1.54, 1.807) is 14.2 Å². The summed E-state index contributed by atoms with van der Waals surface area (Å²) >= 11 is 0. The van der Waals surface area contributed by atoms with Crippen molar-refractivity contribution in [2.75, 3.05) is 14.2 Å². The molecule has 1 aromatic rings. The van der Waals surface area contributed by atoms with Gasteiger partial charge in [0.05, 0.1) is 7.11 Å². The van der Waals surface area contributed by atoms with Gasteiger partial charge in [0.15, 0.2) is 5.90 Å². The minimum absolute atomic E-state index is 0.507. The molecule has 1 aromatic carbocycles. The van der Waals surface area contributed by atoms with Gasteiger partial charge in [-0.05, 0) is 17.9 Å². The van der Waals surface area contributed by atoms with E-state index in [0.717, 1.165) is 5.90 Å². The van der Waals surface area contributed by atoms with Crippen LogP contribution in [0.5, 0.6) is 0 Å². The van der Waals surface area contributed by atoms with Crippen molar-refractivity contribution in [3.05, 3.63) is 35.9 Å². The number of aliphatic imine (C=N–C) groups is 1. The minimum Gasteiger partial charge on any atom is -0.484 e. The lowest BCUT2D eigenvalue weighted by atomic mass is 10.1. The van der Waals surface area contributed by atoms with Gasteiger partial charge < -0.3 is 4.74 Å². The van der Waals surface area contributed by atoms with Gasteiger partial charge in [0, 0.05) is 13.0 Å². The van der Waals surface area contributed by atoms with Gasteiger partial charge in [-0.15, -0.1) is 0 Å². The van der Waals surface area contributed by atoms with E-state index < -0.39 is 0 Å². The lowest BCUT2D eigenvalue weighted by Gasteiger charge is -2.02. The van der Waals surface area contributed by atoms with Crippen LogP contribution in [0.4, 0.5) is 0 Å². The lowest BCUT2D eigenvalue weighted by molar-refractivity contribution is 0.384. The summed E-state index contributed by atoms with van der Waals surface area (Å²) in [6, 6.07) is 10.6. The molecule has 0 amide bonds. The molecule has 1 aliphatic carbocycles. The molecule has 2 atom stereocenters. The van der Waals surface area contributed by atoms with Gasteiger partial charge >= 0.3 is 0 Å². The third-order valence-corrected chi connectivity index (χ3v) is 2.76. The van der Waals surface area contributed by atoms with Crippen LogP contribution in [-0.4, -0.2) is 20.1 Å². The standard InChI is InChI=1S/C12H15NO/c1-13-12(14-2)11-8-10(11)9-6-4-3-5-7-9/h3-7,10-11H,8H2,1-2H3/t10-,11+/m1/s1. The molecule has 2 rings (SSSR count). The van der Waals surface area contributed by atoms with Gasteiger partial charge in [-0.2, -0.15) is 0 Å². The molecule has 2 nitrogen and oxygen atoms in total. The molecule has 74 valence electrons. The highest BCUT2D eigenvalue weighted by atomic mass is 16.5. The first kappa shape index (κ1) is 9.25. The van der Waals surface area contributed by atoms with Crippen molar-refractivity contribution in [1.29, 1.82) is 0 Å². The molecule has 2 heteroatoms. The second-order valence-electron chi connectivity index (χ2n) is 3.63. The Morgan fingerprint density at radius 1 is 1.36 bits per heavy atom. The first-order valence-electron chi connectivity index (χ1n) is 4.92. The molecule has 0 N–H and O–H groups in total. The fourth-order valence-corrected chi connectivity index (χ4v) is 1.95. The molecular weight excluding hydrogens is 174 g/mol. The van der Waals surface area contributed by atoms with Crippen molar-refractivity contribution in [3.63, 3.8) is 0 Å². The van der Waals surface area contributed by atoms with Crippen LogP contribution in [0.25, 0.3) is 0 Å². The zero-order valence-electron chi connectivity index (χ0n) is 8.60. The fourth-order valence-electron chi connectivity index (χ4n) is 1.95. The summed E-state index contributed by atoms with van der Waals surface area (Å²) in [6.07, 6.45) is 1.17. The Morgan fingerprint density at radius 2 is 2.07 bits per heavy atom. The van der Waals surface area contributed by atoms with Crippen LogP contribution < -0.4 is 0 Å². The Labute approximate surface area is 84.6 Å². The number of hydrogen-bond acceptors (Lipinski definition) is 2. The first-order valence-corrected chi connectivity index (χ1v) is 4.92. The Balaban J connectivity index is 2.06. The van der Waals surface area contributed by atoms with Crippen molar-refractivity contribution in [2.24, 2.45) is 10.9 Å². The SMILES string of the molecule is CN=C(OC)[C@H]1C[C@@H]1c1ccccc1.